The highest BCUT2D eigenvalue weighted by Crippen LogP contribution is 2.21. The van der Waals surface area contributed by atoms with E-state index >= 15 is 0 Å². The van der Waals surface area contributed by atoms with E-state index < -0.39 is 0 Å². The van der Waals surface area contributed by atoms with Gasteiger partial charge in [0.25, 0.3) is 5.91 Å². The van der Waals surface area contributed by atoms with Crippen LogP contribution in [0.4, 0.5) is 0 Å². The summed E-state index contributed by atoms with van der Waals surface area (Å²) in [5.74, 6) is 1.33. The van der Waals surface area contributed by atoms with E-state index in [0.717, 1.165) is 24.2 Å². The number of hydrogen-bond acceptors (Lipinski definition) is 3. The van der Waals surface area contributed by atoms with E-state index in [2.05, 4.69) is 26.1 Å². The predicted molar refractivity (Wildman–Crippen MR) is 89.3 cm³/mol. The fourth-order valence-corrected chi connectivity index (χ4v) is 2.03. The van der Waals surface area contributed by atoms with Gasteiger partial charge in [-0.1, -0.05) is 20.8 Å². The minimum atomic E-state index is -0.0413. The van der Waals surface area contributed by atoms with E-state index in [9.17, 15) is 4.79 Å². The maximum absolute atomic E-state index is 12.2. The van der Waals surface area contributed by atoms with Crippen LogP contribution < -0.4 is 10.1 Å². The fraction of sp³-hybridized carbons (Fsp3) is 0.611. The molecule has 1 amide bonds. The molecule has 0 unspecified atom stereocenters. The molecule has 4 nitrogen and oxygen atoms in total. The molecule has 0 bridgehead atoms. The van der Waals surface area contributed by atoms with Crippen LogP contribution in [0, 0.1) is 5.92 Å². The number of amides is 1. The molecule has 4 heteroatoms. The van der Waals surface area contributed by atoms with Crippen LogP contribution in [0.3, 0.4) is 0 Å². The van der Waals surface area contributed by atoms with Crippen molar-refractivity contribution in [1.29, 1.82) is 0 Å². The number of rotatable bonds is 10. The van der Waals surface area contributed by atoms with Crippen molar-refractivity contribution in [3.8, 4) is 5.75 Å². The Bertz CT molecular complexity index is 458. The van der Waals surface area contributed by atoms with E-state index in [1.807, 2.05) is 19.1 Å². The van der Waals surface area contributed by atoms with Crippen LogP contribution in [0.1, 0.15) is 56.5 Å². The molecule has 1 N–H and O–H groups in total. The Morgan fingerprint density at radius 1 is 1.27 bits per heavy atom. The molecule has 0 aliphatic heterocycles. The largest absolute Gasteiger partial charge is 0.494 e. The van der Waals surface area contributed by atoms with Crippen LogP contribution in [0.15, 0.2) is 18.2 Å². The second-order valence-electron chi connectivity index (χ2n) is 5.75. The number of ether oxygens (including phenoxy) is 2. The first-order chi connectivity index (χ1) is 10.6. The molecule has 1 rings (SSSR count). The van der Waals surface area contributed by atoms with Gasteiger partial charge in [-0.15, -0.1) is 0 Å². The van der Waals surface area contributed by atoms with Crippen LogP contribution >= 0.6 is 0 Å². The Kier molecular flexibility index (Phi) is 8.60. The van der Waals surface area contributed by atoms with Crippen LogP contribution in [-0.2, 0) is 11.3 Å². The maximum atomic E-state index is 12.2. The molecule has 0 fully saturated rings. The topological polar surface area (TPSA) is 47.6 Å². The van der Waals surface area contributed by atoms with Crippen LogP contribution in [0.2, 0.25) is 0 Å². The minimum Gasteiger partial charge on any atom is -0.494 e. The quantitative estimate of drug-likeness (QED) is 0.669. The average Bonchev–Trinajstić information content (AvgIpc) is 2.48. The van der Waals surface area contributed by atoms with Gasteiger partial charge >= 0.3 is 0 Å². The number of carbonyl (C=O) groups excluding carboxylic acids is 1. The summed E-state index contributed by atoms with van der Waals surface area (Å²) in [6.07, 6.45) is 1.95. The summed E-state index contributed by atoms with van der Waals surface area (Å²) in [6, 6.07) is 5.52. The third-order valence-corrected chi connectivity index (χ3v) is 3.24. The normalized spacial score (nSPS) is 10.8. The van der Waals surface area contributed by atoms with Gasteiger partial charge in [0.15, 0.2) is 0 Å². The highest BCUT2D eigenvalue weighted by Gasteiger charge is 2.10. The van der Waals surface area contributed by atoms with E-state index in [4.69, 9.17) is 9.47 Å². The van der Waals surface area contributed by atoms with Gasteiger partial charge in [0.1, 0.15) is 5.75 Å². The molecule has 0 heterocycles. The van der Waals surface area contributed by atoms with Gasteiger partial charge in [0, 0.05) is 24.3 Å². The van der Waals surface area contributed by atoms with Crippen LogP contribution in [0.25, 0.3) is 0 Å². The Balaban J connectivity index is 2.74. The Morgan fingerprint density at radius 2 is 2.05 bits per heavy atom. The van der Waals surface area contributed by atoms with Crippen molar-refractivity contribution in [2.45, 2.75) is 47.1 Å². The summed E-state index contributed by atoms with van der Waals surface area (Å²) in [5.41, 5.74) is 1.58. The molecule has 124 valence electrons. The summed E-state index contributed by atoms with van der Waals surface area (Å²) in [4.78, 5) is 12.2. The minimum absolute atomic E-state index is 0.0413. The number of hydrogen-bond donors (Lipinski definition) is 1. The van der Waals surface area contributed by atoms with Crippen LogP contribution in [0.5, 0.6) is 5.75 Å². The number of carbonyl (C=O) groups is 1. The zero-order valence-corrected chi connectivity index (χ0v) is 14.3. The summed E-state index contributed by atoms with van der Waals surface area (Å²) in [6.45, 7) is 10.8. The lowest BCUT2D eigenvalue weighted by Crippen LogP contribution is -2.25. The molecule has 0 saturated carbocycles. The standard InChI is InChI=1S/C18H29NO3/c1-5-11-21-13-16-12-15(7-8-17(16)22-6-2)18(20)19-10-9-14(3)4/h7-8,12,14H,5-6,9-11,13H2,1-4H3,(H,19,20). The first kappa shape index (κ1) is 18.5. The molecule has 0 atom stereocenters. The van der Waals surface area contributed by atoms with Crippen molar-refractivity contribution in [2.75, 3.05) is 19.8 Å². The monoisotopic (exact) mass is 307 g/mol. The second kappa shape index (κ2) is 10.2. The molecule has 0 spiro atoms. The van der Waals surface area contributed by atoms with Crippen molar-refractivity contribution in [1.82, 2.24) is 5.32 Å². The van der Waals surface area contributed by atoms with E-state index in [1.165, 1.54) is 0 Å². The zero-order chi connectivity index (χ0) is 16.4. The molecule has 1 aromatic carbocycles. The summed E-state index contributed by atoms with van der Waals surface area (Å²) < 4.78 is 11.2. The Labute approximate surface area is 134 Å². The molecule has 0 saturated heterocycles. The highest BCUT2D eigenvalue weighted by atomic mass is 16.5. The fourth-order valence-electron chi connectivity index (χ4n) is 2.03. The first-order valence-electron chi connectivity index (χ1n) is 8.20. The van der Waals surface area contributed by atoms with Crippen LogP contribution in [-0.4, -0.2) is 25.7 Å². The molecule has 0 aromatic heterocycles. The third kappa shape index (κ3) is 6.48. The van der Waals surface area contributed by atoms with Gasteiger partial charge in [-0.2, -0.15) is 0 Å². The molecular weight excluding hydrogens is 278 g/mol. The highest BCUT2D eigenvalue weighted by molar-refractivity contribution is 5.94. The van der Waals surface area contributed by atoms with Crippen molar-refractivity contribution in [3.05, 3.63) is 29.3 Å². The zero-order valence-electron chi connectivity index (χ0n) is 14.3. The van der Waals surface area contributed by atoms with Gasteiger partial charge in [-0.05, 0) is 43.9 Å². The Morgan fingerprint density at radius 3 is 2.68 bits per heavy atom. The van der Waals surface area contributed by atoms with Gasteiger partial charge in [-0.3, -0.25) is 4.79 Å². The third-order valence-electron chi connectivity index (χ3n) is 3.24. The summed E-state index contributed by atoms with van der Waals surface area (Å²) >= 11 is 0. The number of nitrogens with one attached hydrogen (secondary N) is 1. The second-order valence-corrected chi connectivity index (χ2v) is 5.75. The van der Waals surface area contributed by atoms with Gasteiger partial charge in [-0.25, -0.2) is 0 Å². The lowest BCUT2D eigenvalue weighted by Gasteiger charge is -2.13. The smallest absolute Gasteiger partial charge is 0.251 e. The lowest BCUT2D eigenvalue weighted by atomic mass is 10.1. The molecule has 0 aliphatic rings. The molecule has 22 heavy (non-hydrogen) atoms. The average molecular weight is 307 g/mol. The van der Waals surface area contributed by atoms with Gasteiger partial charge in [0.05, 0.1) is 13.2 Å². The number of benzene rings is 1. The SMILES string of the molecule is CCCOCc1cc(C(=O)NCCC(C)C)ccc1OCC. The van der Waals surface area contributed by atoms with Crippen molar-refractivity contribution >= 4 is 5.91 Å². The van der Waals surface area contributed by atoms with Gasteiger partial charge < -0.3 is 14.8 Å². The maximum Gasteiger partial charge on any atom is 0.251 e. The molecule has 1 aromatic rings. The Hall–Kier alpha value is -1.55. The van der Waals surface area contributed by atoms with Crippen molar-refractivity contribution in [3.63, 3.8) is 0 Å². The summed E-state index contributed by atoms with van der Waals surface area (Å²) in [5, 5.41) is 2.96. The van der Waals surface area contributed by atoms with E-state index in [1.54, 1.807) is 6.07 Å². The van der Waals surface area contributed by atoms with E-state index in [-0.39, 0.29) is 5.91 Å². The predicted octanol–water partition coefficient (Wildman–Crippen LogP) is 3.79. The lowest BCUT2D eigenvalue weighted by molar-refractivity contribution is 0.0951. The van der Waals surface area contributed by atoms with Gasteiger partial charge in [0.2, 0.25) is 0 Å². The van der Waals surface area contributed by atoms with E-state index in [0.29, 0.717) is 37.8 Å². The first-order valence-corrected chi connectivity index (χ1v) is 8.20. The molecular formula is C18H29NO3. The molecule has 0 aliphatic carbocycles. The summed E-state index contributed by atoms with van der Waals surface area (Å²) in [7, 11) is 0. The van der Waals surface area contributed by atoms with Crippen molar-refractivity contribution in [2.24, 2.45) is 5.92 Å². The van der Waals surface area contributed by atoms with Crippen molar-refractivity contribution < 1.29 is 14.3 Å². The molecule has 0 radical (unpaired) electrons.